The maximum Gasteiger partial charge on any atom is 0.321 e. The topological polar surface area (TPSA) is 52.7 Å². The molecule has 6 heteroatoms. The number of benzene rings is 2. The summed E-state index contributed by atoms with van der Waals surface area (Å²) in [6.07, 6.45) is 1.60. The van der Waals surface area contributed by atoms with Crippen LogP contribution in [0.1, 0.15) is 39.9 Å². The molecule has 158 valence electrons. The van der Waals surface area contributed by atoms with E-state index < -0.39 is 0 Å². The second-order valence-electron chi connectivity index (χ2n) is 8.35. The molecule has 0 atom stereocenters. The highest BCUT2D eigenvalue weighted by molar-refractivity contribution is 8.00. The first-order valence-electron chi connectivity index (χ1n) is 10.5. The number of nitrogens with one attached hydrogen (secondary N) is 1. The van der Waals surface area contributed by atoms with Crippen LogP contribution in [0.25, 0.3) is 0 Å². The van der Waals surface area contributed by atoms with Crippen LogP contribution < -0.4 is 5.32 Å². The zero-order valence-corrected chi connectivity index (χ0v) is 18.7. The zero-order valence-electron chi connectivity index (χ0n) is 17.9. The van der Waals surface area contributed by atoms with Crippen molar-refractivity contribution in [1.82, 2.24) is 9.80 Å². The van der Waals surface area contributed by atoms with E-state index in [1.165, 1.54) is 5.56 Å². The lowest BCUT2D eigenvalue weighted by atomic mass is 10.0. The van der Waals surface area contributed by atoms with Gasteiger partial charge in [-0.1, -0.05) is 35.4 Å². The lowest BCUT2D eigenvalue weighted by Crippen LogP contribution is -2.54. The van der Waals surface area contributed by atoms with E-state index in [2.05, 4.69) is 11.4 Å². The number of rotatable bonds is 2. The predicted molar refractivity (Wildman–Crippen MR) is 123 cm³/mol. The number of carbonyl (C=O) groups is 2. The summed E-state index contributed by atoms with van der Waals surface area (Å²) >= 11 is 1.87. The van der Waals surface area contributed by atoms with E-state index in [0.717, 1.165) is 47.5 Å². The van der Waals surface area contributed by atoms with Crippen LogP contribution in [0.5, 0.6) is 0 Å². The number of hydrogen-bond acceptors (Lipinski definition) is 3. The lowest BCUT2D eigenvalue weighted by molar-refractivity contribution is 0.0585. The quantitative estimate of drug-likeness (QED) is 0.753. The monoisotopic (exact) mass is 423 g/mol. The first-order chi connectivity index (χ1) is 14.4. The molecule has 2 aliphatic heterocycles. The molecule has 0 aliphatic carbocycles. The molecule has 1 N–H and O–H groups in total. The molecule has 2 aromatic carbocycles. The summed E-state index contributed by atoms with van der Waals surface area (Å²) in [7, 11) is 0. The summed E-state index contributed by atoms with van der Waals surface area (Å²) in [4.78, 5) is 29.7. The molecule has 30 heavy (non-hydrogen) atoms. The molecule has 2 aliphatic rings. The van der Waals surface area contributed by atoms with Crippen molar-refractivity contribution in [2.24, 2.45) is 0 Å². The van der Waals surface area contributed by atoms with Gasteiger partial charge in [-0.25, -0.2) is 4.79 Å². The number of aryl methyl sites for hydroxylation is 3. The van der Waals surface area contributed by atoms with Gasteiger partial charge in [-0.05, 0) is 57.4 Å². The Balaban J connectivity index is 1.41. The average molecular weight is 424 g/mol. The number of hydrogen-bond donors (Lipinski definition) is 1. The number of nitrogens with zero attached hydrogens (tertiary/aromatic N) is 2. The van der Waals surface area contributed by atoms with Crippen LogP contribution in [0.3, 0.4) is 0 Å². The van der Waals surface area contributed by atoms with Crippen LogP contribution in [-0.2, 0) is 0 Å². The third kappa shape index (κ3) is 4.06. The van der Waals surface area contributed by atoms with Gasteiger partial charge >= 0.3 is 6.03 Å². The molecule has 2 fully saturated rings. The number of anilines is 1. The minimum atomic E-state index is -0.196. The molecule has 3 amide bonds. The Morgan fingerprint density at radius 3 is 2.27 bits per heavy atom. The third-order valence-corrected chi connectivity index (χ3v) is 7.73. The van der Waals surface area contributed by atoms with Gasteiger partial charge in [0.2, 0.25) is 0 Å². The van der Waals surface area contributed by atoms with Crippen molar-refractivity contribution in [1.29, 1.82) is 0 Å². The Morgan fingerprint density at radius 1 is 0.933 bits per heavy atom. The largest absolute Gasteiger partial charge is 0.324 e. The molecule has 2 aromatic rings. The highest BCUT2D eigenvalue weighted by Crippen LogP contribution is 2.44. The summed E-state index contributed by atoms with van der Waals surface area (Å²) in [5, 5.41) is 3.05. The Labute approximate surface area is 182 Å². The SMILES string of the molecule is Cc1ccc(C(=O)N2CCSC23CCN(C(=O)Nc2ccc(C)cc2C)CC3)cc1. The summed E-state index contributed by atoms with van der Waals surface area (Å²) in [5.41, 5.74) is 5.01. The maximum atomic E-state index is 13.2. The minimum absolute atomic E-state index is 0.0591. The van der Waals surface area contributed by atoms with E-state index in [0.29, 0.717) is 13.1 Å². The van der Waals surface area contributed by atoms with Crippen molar-refractivity contribution >= 4 is 29.4 Å². The van der Waals surface area contributed by atoms with Gasteiger partial charge < -0.3 is 15.1 Å². The second kappa shape index (κ2) is 8.34. The van der Waals surface area contributed by atoms with Gasteiger partial charge in [0.05, 0.1) is 4.87 Å². The van der Waals surface area contributed by atoms with E-state index >= 15 is 0 Å². The zero-order chi connectivity index (χ0) is 21.3. The van der Waals surface area contributed by atoms with Gasteiger partial charge in [0.25, 0.3) is 5.91 Å². The first-order valence-corrected chi connectivity index (χ1v) is 11.5. The average Bonchev–Trinajstić information content (AvgIpc) is 3.13. The van der Waals surface area contributed by atoms with Crippen LogP contribution in [0, 0.1) is 20.8 Å². The standard InChI is InChI=1S/C24H29N3O2S/c1-17-4-7-20(8-5-17)22(28)27-14-15-30-24(27)10-12-26(13-11-24)23(29)25-21-9-6-18(2)16-19(21)3/h4-9,16H,10-15H2,1-3H3,(H,25,29). The van der Waals surface area contributed by atoms with Crippen LogP contribution in [0.15, 0.2) is 42.5 Å². The summed E-state index contributed by atoms with van der Waals surface area (Å²) in [6.45, 7) is 8.17. The Hall–Kier alpha value is -2.47. The summed E-state index contributed by atoms with van der Waals surface area (Å²) in [6, 6.07) is 13.8. The lowest BCUT2D eigenvalue weighted by Gasteiger charge is -2.44. The van der Waals surface area contributed by atoms with Crippen LogP contribution in [0.2, 0.25) is 0 Å². The summed E-state index contributed by atoms with van der Waals surface area (Å²) in [5.74, 6) is 1.06. The number of urea groups is 1. The number of likely N-dealkylation sites (tertiary alicyclic amines) is 1. The number of thioether (sulfide) groups is 1. The first kappa shape index (κ1) is 20.8. The molecular weight excluding hydrogens is 394 g/mol. The summed E-state index contributed by atoms with van der Waals surface area (Å²) < 4.78 is 0. The minimum Gasteiger partial charge on any atom is -0.324 e. The van der Waals surface area contributed by atoms with Gasteiger partial charge in [0.1, 0.15) is 0 Å². The Kier molecular flexibility index (Phi) is 5.78. The van der Waals surface area contributed by atoms with Gasteiger partial charge in [-0.2, -0.15) is 0 Å². The third-order valence-electron chi connectivity index (χ3n) is 6.18. The van der Waals surface area contributed by atoms with E-state index in [1.54, 1.807) is 0 Å². The molecular formula is C24H29N3O2S. The van der Waals surface area contributed by atoms with Crippen molar-refractivity contribution in [2.45, 2.75) is 38.5 Å². The van der Waals surface area contributed by atoms with E-state index in [1.807, 2.05) is 78.7 Å². The van der Waals surface area contributed by atoms with Crippen molar-refractivity contribution in [3.8, 4) is 0 Å². The molecule has 4 rings (SSSR count). The molecule has 0 unspecified atom stereocenters. The highest BCUT2D eigenvalue weighted by Gasteiger charge is 2.47. The fraction of sp³-hybridized carbons (Fsp3) is 0.417. The predicted octanol–water partition coefficient (Wildman–Crippen LogP) is 4.83. The Morgan fingerprint density at radius 2 is 1.60 bits per heavy atom. The van der Waals surface area contributed by atoms with Crippen LogP contribution in [0.4, 0.5) is 10.5 Å². The highest BCUT2D eigenvalue weighted by atomic mass is 32.2. The maximum absolute atomic E-state index is 13.2. The van der Waals surface area contributed by atoms with Gasteiger partial charge in [-0.15, -0.1) is 11.8 Å². The van der Waals surface area contributed by atoms with Crippen LogP contribution >= 0.6 is 11.8 Å². The molecule has 2 saturated heterocycles. The molecule has 1 spiro atoms. The van der Waals surface area contributed by atoms with Crippen LogP contribution in [-0.4, -0.2) is 52.0 Å². The number of amides is 3. The smallest absolute Gasteiger partial charge is 0.321 e. The van der Waals surface area contributed by atoms with E-state index in [4.69, 9.17) is 0 Å². The van der Waals surface area contributed by atoms with Gasteiger partial charge in [0.15, 0.2) is 0 Å². The Bertz CT molecular complexity index is 949. The second-order valence-corrected chi connectivity index (χ2v) is 9.81. The van der Waals surface area contributed by atoms with Crippen molar-refractivity contribution in [3.63, 3.8) is 0 Å². The molecule has 0 radical (unpaired) electrons. The van der Waals surface area contributed by atoms with Crippen molar-refractivity contribution in [2.75, 3.05) is 30.7 Å². The number of carbonyl (C=O) groups excluding carboxylic acids is 2. The number of piperidine rings is 1. The molecule has 5 nitrogen and oxygen atoms in total. The molecule has 0 aromatic heterocycles. The van der Waals surface area contributed by atoms with E-state index in [9.17, 15) is 9.59 Å². The van der Waals surface area contributed by atoms with E-state index in [-0.39, 0.29) is 16.8 Å². The molecule has 0 bridgehead atoms. The van der Waals surface area contributed by atoms with Gasteiger partial charge in [0, 0.05) is 36.6 Å². The fourth-order valence-corrected chi connectivity index (χ4v) is 5.82. The van der Waals surface area contributed by atoms with Crippen molar-refractivity contribution < 1.29 is 9.59 Å². The van der Waals surface area contributed by atoms with Gasteiger partial charge in [-0.3, -0.25) is 4.79 Å². The fourth-order valence-electron chi connectivity index (χ4n) is 4.37. The molecule has 0 saturated carbocycles. The molecule has 2 heterocycles. The van der Waals surface area contributed by atoms with Crippen molar-refractivity contribution in [3.05, 3.63) is 64.7 Å². The normalized spacial score (nSPS) is 18.0.